The summed E-state index contributed by atoms with van der Waals surface area (Å²) in [5.41, 5.74) is 4.09. The number of methoxy groups -OCH3 is 1. The van der Waals surface area contributed by atoms with Crippen molar-refractivity contribution in [2.75, 3.05) is 18.2 Å². The molecule has 3 amide bonds. The maximum atomic E-state index is 13.5. The molecule has 0 bridgehead atoms. The van der Waals surface area contributed by atoms with Crippen molar-refractivity contribution in [2.45, 2.75) is 38.8 Å². The van der Waals surface area contributed by atoms with Gasteiger partial charge < -0.3 is 15.4 Å². The second-order valence-electron chi connectivity index (χ2n) is 9.96. The van der Waals surface area contributed by atoms with E-state index in [1.54, 1.807) is 7.11 Å². The monoisotopic (exact) mass is 569 g/mol. The minimum absolute atomic E-state index is 0.0497. The van der Waals surface area contributed by atoms with Gasteiger partial charge in [0.25, 0.3) is 5.91 Å². The maximum Gasteiger partial charge on any atom is 0.259 e. The number of hydrogen-bond acceptors (Lipinski definition) is 7. The van der Waals surface area contributed by atoms with Crippen LogP contribution in [0.5, 0.6) is 5.75 Å². The first-order valence-corrected chi connectivity index (χ1v) is 14.3. The van der Waals surface area contributed by atoms with Crippen LogP contribution in [0.2, 0.25) is 0 Å². The van der Waals surface area contributed by atoms with Gasteiger partial charge in [0.05, 0.1) is 25.0 Å². The second-order valence-corrected chi connectivity index (χ2v) is 10.9. The molecule has 10 heteroatoms. The Labute approximate surface area is 243 Å². The zero-order valence-corrected chi connectivity index (χ0v) is 23.9. The van der Waals surface area contributed by atoms with Crippen LogP contribution < -0.4 is 15.4 Å². The minimum Gasteiger partial charge on any atom is -0.496 e. The molecule has 0 radical (unpaired) electrons. The van der Waals surface area contributed by atoms with Crippen molar-refractivity contribution in [3.8, 4) is 5.75 Å². The molecule has 41 heavy (non-hydrogen) atoms. The molecule has 0 saturated heterocycles. The highest BCUT2D eigenvalue weighted by Crippen LogP contribution is 2.34. The fraction of sp³-hybridized carbons (Fsp3) is 0.258. The fourth-order valence-corrected chi connectivity index (χ4v) is 5.40. The van der Waals surface area contributed by atoms with Gasteiger partial charge in [-0.15, -0.1) is 0 Å². The minimum atomic E-state index is -0.895. The molecule has 5 rings (SSSR count). The van der Waals surface area contributed by atoms with E-state index in [4.69, 9.17) is 4.74 Å². The predicted octanol–water partition coefficient (Wildman–Crippen LogP) is 4.86. The fourth-order valence-electron chi connectivity index (χ4n) is 4.60. The van der Waals surface area contributed by atoms with Crippen molar-refractivity contribution in [1.82, 2.24) is 10.2 Å². The third-order valence-corrected chi connectivity index (χ3v) is 7.73. The molecule has 210 valence electrons. The van der Waals surface area contributed by atoms with Gasteiger partial charge in [-0.2, -0.15) is 0 Å². The highest BCUT2D eigenvalue weighted by atomic mass is 32.2. The molecule has 9 nitrogen and oxygen atoms in total. The molecule has 2 heterocycles. The van der Waals surface area contributed by atoms with Crippen LogP contribution in [0, 0.1) is 0 Å². The van der Waals surface area contributed by atoms with Crippen molar-refractivity contribution < 1.29 is 19.1 Å². The molecule has 0 aliphatic carbocycles. The SMILES string of the molecule is COc1ccccc1CNC(=O)C[C@H]1N=C2c3ccccc3N=C(SCC(=O)Nc3ccc(C(C)C)cc3)N2C1=O. The van der Waals surface area contributed by atoms with E-state index in [1.165, 1.54) is 10.5 Å². The van der Waals surface area contributed by atoms with Crippen LogP contribution in [0.25, 0.3) is 0 Å². The molecule has 0 saturated carbocycles. The van der Waals surface area contributed by atoms with Crippen molar-refractivity contribution in [3.63, 3.8) is 0 Å². The lowest BCUT2D eigenvalue weighted by Crippen LogP contribution is -2.42. The van der Waals surface area contributed by atoms with E-state index < -0.39 is 6.04 Å². The predicted molar refractivity (Wildman–Crippen MR) is 162 cm³/mol. The number of thioether (sulfide) groups is 1. The number of anilines is 1. The van der Waals surface area contributed by atoms with Gasteiger partial charge >= 0.3 is 0 Å². The lowest BCUT2D eigenvalue weighted by molar-refractivity contribution is -0.128. The van der Waals surface area contributed by atoms with E-state index in [1.807, 2.05) is 72.8 Å². The Morgan fingerprint density at radius 3 is 2.49 bits per heavy atom. The van der Waals surface area contributed by atoms with E-state index in [2.05, 4.69) is 34.5 Å². The van der Waals surface area contributed by atoms with Gasteiger partial charge in [0.1, 0.15) is 17.6 Å². The number of hydrogen-bond donors (Lipinski definition) is 2. The summed E-state index contributed by atoms with van der Waals surface area (Å²) < 4.78 is 5.35. The Bertz CT molecular complexity index is 1530. The summed E-state index contributed by atoms with van der Waals surface area (Å²) in [4.78, 5) is 49.8. The van der Waals surface area contributed by atoms with Crippen molar-refractivity contribution in [3.05, 3.63) is 89.5 Å². The topological polar surface area (TPSA) is 112 Å². The molecule has 0 fully saturated rings. The van der Waals surface area contributed by atoms with Crippen LogP contribution >= 0.6 is 11.8 Å². The number of nitrogens with zero attached hydrogens (tertiary/aromatic N) is 3. The molecular weight excluding hydrogens is 538 g/mol. The van der Waals surface area contributed by atoms with Crippen molar-refractivity contribution in [2.24, 2.45) is 9.98 Å². The zero-order valence-electron chi connectivity index (χ0n) is 23.1. The zero-order chi connectivity index (χ0) is 28.9. The molecule has 2 N–H and O–H groups in total. The summed E-state index contributed by atoms with van der Waals surface area (Å²) >= 11 is 1.16. The van der Waals surface area contributed by atoms with Gasteiger partial charge in [0, 0.05) is 23.4 Å². The summed E-state index contributed by atoms with van der Waals surface area (Å²) in [5, 5.41) is 6.11. The van der Waals surface area contributed by atoms with Gasteiger partial charge in [0.15, 0.2) is 5.17 Å². The summed E-state index contributed by atoms with van der Waals surface area (Å²) in [6.45, 7) is 4.50. The van der Waals surface area contributed by atoms with E-state index in [-0.39, 0.29) is 36.4 Å². The number of carbonyl (C=O) groups is 3. The first-order chi connectivity index (χ1) is 19.8. The number of amides is 3. The molecule has 2 aliphatic heterocycles. The Morgan fingerprint density at radius 1 is 1.00 bits per heavy atom. The van der Waals surface area contributed by atoms with E-state index in [9.17, 15) is 14.4 Å². The van der Waals surface area contributed by atoms with E-state index in [0.717, 1.165) is 17.3 Å². The van der Waals surface area contributed by atoms with Gasteiger partial charge in [0.2, 0.25) is 11.8 Å². The maximum absolute atomic E-state index is 13.5. The number of ether oxygens (including phenoxy) is 1. The number of amidine groups is 2. The van der Waals surface area contributed by atoms with E-state index >= 15 is 0 Å². The van der Waals surface area contributed by atoms with Gasteiger partial charge in [-0.05, 0) is 41.8 Å². The first kappa shape index (κ1) is 28.1. The summed E-state index contributed by atoms with van der Waals surface area (Å²) in [5.74, 6) is 0.695. The largest absolute Gasteiger partial charge is 0.496 e. The Hall–Kier alpha value is -4.44. The van der Waals surface area contributed by atoms with Crippen LogP contribution in [0.3, 0.4) is 0 Å². The molecule has 0 unspecified atom stereocenters. The quantitative estimate of drug-likeness (QED) is 0.382. The lowest BCUT2D eigenvalue weighted by atomic mass is 10.0. The van der Waals surface area contributed by atoms with Gasteiger partial charge in [-0.1, -0.05) is 68.1 Å². The van der Waals surface area contributed by atoms with Crippen LogP contribution in [-0.2, 0) is 20.9 Å². The standard InChI is InChI=1S/C31H31N5O4S/c1-19(2)20-12-14-22(15-13-20)33-28(38)18-41-31-35-24-10-6-5-9-23(24)29-34-25(30(39)36(29)31)16-27(37)32-17-21-8-4-7-11-26(21)40-3/h4-15,19,25H,16-18H2,1-3H3,(H,32,37)(H,33,38)/t25-/m1/s1. The van der Waals surface area contributed by atoms with Crippen LogP contribution in [0.1, 0.15) is 42.9 Å². The lowest BCUT2D eigenvalue weighted by Gasteiger charge is -2.25. The smallest absolute Gasteiger partial charge is 0.259 e. The number of fused-ring (bicyclic) bond motifs is 3. The first-order valence-electron chi connectivity index (χ1n) is 13.3. The van der Waals surface area contributed by atoms with Gasteiger partial charge in [-0.3, -0.25) is 19.4 Å². The average Bonchev–Trinajstić information content (AvgIpc) is 3.31. The highest BCUT2D eigenvalue weighted by molar-refractivity contribution is 8.14. The van der Waals surface area contributed by atoms with Crippen LogP contribution in [-0.4, -0.2) is 52.5 Å². The summed E-state index contributed by atoms with van der Waals surface area (Å²) in [6.07, 6.45) is -0.110. The van der Waals surface area contributed by atoms with Crippen molar-refractivity contribution >= 4 is 51.9 Å². The average molecular weight is 570 g/mol. The number of rotatable bonds is 9. The third kappa shape index (κ3) is 6.33. The highest BCUT2D eigenvalue weighted by Gasteiger charge is 2.42. The second kappa shape index (κ2) is 12.4. The molecule has 0 spiro atoms. The molecule has 3 aromatic rings. The molecule has 1 atom stereocenters. The van der Waals surface area contributed by atoms with Crippen LogP contribution in [0.15, 0.2) is 82.8 Å². The summed E-state index contributed by atoms with van der Waals surface area (Å²) in [7, 11) is 1.58. The van der Waals surface area contributed by atoms with Crippen molar-refractivity contribution in [1.29, 1.82) is 0 Å². The number of nitrogens with one attached hydrogen (secondary N) is 2. The number of benzene rings is 3. The number of carbonyl (C=O) groups excluding carboxylic acids is 3. The Kier molecular flexibility index (Phi) is 8.49. The van der Waals surface area contributed by atoms with Gasteiger partial charge in [-0.25, -0.2) is 9.89 Å². The number of aliphatic imine (C=N–C) groups is 2. The third-order valence-electron chi connectivity index (χ3n) is 6.79. The molecule has 3 aromatic carbocycles. The molecule has 0 aromatic heterocycles. The van der Waals surface area contributed by atoms with Crippen LogP contribution in [0.4, 0.5) is 11.4 Å². The molecular formula is C31H31N5O4S. The normalized spacial score (nSPS) is 15.6. The Morgan fingerprint density at radius 2 is 1.73 bits per heavy atom. The number of para-hydroxylation sites is 2. The van der Waals surface area contributed by atoms with E-state index in [0.29, 0.717) is 39.6 Å². The summed E-state index contributed by atoms with van der Waals surface area (Å²) in [6, 6.07) is 21.7. The molecule has 2 aliphatic rings. The Balaban J connectivity index is 1.26.